The Bertz CT molecular complexity index is 414. The van der Waals surface area contributed by atoms with Crippen molar-refractivity contribution in [1.82, 2.24) is 15.3 Å². The summed E-state index contributed by atoms with van der Waals surface area (Å²) in [5.74, 6) is 0. The molecule has 0 aliphatic carbocycles. The molecule has 1 N–H and O–H groups in total. The van der Waals surface area contributed by atoms with Gasteiger partial charge in [-0.2, -0.15) is 0 Å². The maximum absolute atomic E-state index is 4.53. The van der Waals surface area contributed by atoms with Gasteiger partial charge in [-0.15, -0.1) is 35.1 Å². The molecule has 0 bridgehead atoms. The molecule has 0 spiro atoms. The van der Waals surface area contributed by atoms with Crippen molar-refractivity contribution in [3.8, 4) is 0 Å². The Kier molecular flexibility index (Phi) is 6.65. The lowest BCUT2D eigenvalue weighted by atomic mass is 10.3. The second-order valence-corrected chi connectivity index (χ2v) is 5.15. The molecule has 2 aromatic rings. The SMILES string of the molecule is CCc1nc(CCNCc2cscn2)cs1.Cl. The van der Waals surface area contributed by atoms with Crippen LogP contribution in [0.1, 0.15) is 23.3 Å². The van der Waals surface area contributed by atoms with Crippen molar-refractivity contribution in [2.24, 2.45) is 0 Å². The molecule has 0 aromatic carbocycles. The first-order valence-electron chi connectivity index (χ1n) is 5.39. The van der Waals surface area contributed by atoms with Crippen LogP contribution in [0.5, 0.6) is 0 Å². The van der Waals surface area contributed by atoms with E-state index in [2.05, 4.69) is 33.0 Å². The highest BCUT2D eigenvalue weighted by atomic mass is 35.5. The number of hydrogen-bond acceptors (Lipinski definition) is 5. The van der Waals surface area contributed by atoms with Crippen molar-refractivity contribution in [3.63, 3.8) is 0 Å². The number of aromatic nitrogens is 2. The van der Waals surface area contributed by atoms with Crippen molar-refractivity contribution in [1.29, 1.82) is 0 Å². The van der Waals surface area contributed by atoms with E-state index in [1.165, 1.54) is 10.7 Å². The third kappa shape index (κ3) is 4.71. The summed E-state index contributed by atoms with van der Waals surface area (Å²) in [4.78, 5) is 8.75. The van der Waals surface area contributed by atoms with E-state index >= 15 is 0 Å². The van der Waals surface area contributed by atoms with E-state index in [9.17, 15) is 0 Å². The molecule has 6 heteroatoms. The van der Waals surface area contributed by atoms with Crippen molar-refractivity contribution in [2.75, 3.05) is 6.54 Å². The van der Waals surface area contributed by atoms with E-state index in [4.69, 9.17) is 0 Å². The van der Waals surface area contributed by atoms with Gasteiger partial charge in [0, 0.05) is 30.3 Å². The lowest BCUT2D eigenvalue weighted by Crippen LogP contribution is -2.16. The summed E-state index contributed by atoms with van der Waals surface area (Å²) in [6.07, 6.45) is 2.04. The number of thiazole rings is 2. The van der Waals surface area contributed by atoms with Crippen LogP contribution >= 0.6 is 35.1 Å². The number of nitrogens with one attached hydrogen (secondary N) is 1. The Hall–Kier alpha value is -0.490. The van der Waals surface area contributed by atoms with Gasteiger partial charge in [-0.3, -0.25) is 0 Å². The van der Waals surface area contributed by atoms with Crippen molar-refractivity contribution in [2.45, 2.75) is 26.3 Å². The second kappa shape index (κ2) is 7.76. The topological polar surface area (TPSA) is 37.8 Å². The van der Waals surface area contributed by atoms with Crippen molar-refractivity contribution >= 4 is 35.1 Å². The molecule has 2 aromatic heterocycles. The van der Waals surface area contributed by atoms with Crippen LogP contribution in [-0.4, -0.2) is 16.5 Å². The van der Waals surface area contributed by atoms with E-state index in [1.807, 2.05) is 5.51 Å². The van der Waals surface area contributed by atoms with E-state index in [0.29, 0.717) is 0 Å². The summed E-state index contributed by atoms with van der Waals surface area (Å²) in [5.41, 5.74) is 4.19. The van der Waals surface area contributed by atoms with Gasteiger partial charge in [-0.1, -0.05) is 6.92 Å². The van der Waals surface area contributed by atoms with Crippen molar-refractivity contribution in [3.05, 3.63) is 32.7 Å². The monoisotopic (exact) mass is 289 g/mol. The Morgan fingerprint density at radius 2 is 2.18 bits per heavy atom. The Balaban J connectivity index is 0.00000144. The third-order valence-electron chi connectivity index (χ3n) is 2.25. The Morgan fingerprint density at radius 3 is 2.82 bits per heavy atom. The number of rotatable bonds is 6. The first kappa shape index (κ1) is 14.6. The van der Waals surface area contributed by atoms with Gasteiger partial charge in [0.1, 0.15) is 0 Å². The number of aryl methyl sites for hydroxylation is 1. The highest BCUT2D eigenvalue weighted by molar-refractivity contribution is 7.09. The summed E-state index contributed by atoms with van der Waals surface area (Å²) >= 11 is 3.39. The molecule has 17 heavy (non-hydrogen) atoms. The fraction of sp³-hybridized carbons (Fsp3) is 0.455. The van der Waals surface area contributed by atoms with Gasteiger partial charge < -0.3 is 5.32 Å². The zero-order valence-electron chi connectivity index (χ0n) is 9.68. The van der Waals surface area contributed by atoms with Gasteiger partial charge in [0.05, 0.1) is 21.9 Å². The molecule has 0 saturated heterocycles. The minimum atomic E-state index is 0. The van der Waals surface area contributed by atoms with Gasteiger partial charge >= 0.3 is 0 Å². The van der Waals surface area contributed by atoms with Crippen LogP contribution in [0.3, 0.4) is 0 Å². The van der Waals surface area contributed by atoms with Crippen LogP contribution in [-0.2, 0) is 19.4 Å². The second-order valence-electron chi connectivity index (χ2n) is 3.49. The highest BCUT2D eigenvalue weighted by Crippen LogP contribution is 2.10. The van der Waals surface area contributed by atoms with E-state index < -0.39 is 0 Å². The lowest BCUT2D eigenvalue weighted by molar-refractivity contribution is 0.671. The maximum Gasteiger partial charge on any atom is 0.0925 e. The van der Waals surface area contributed by atoms with Crippen LogP contribution < -0.4 is 5.32 Å². The zero-order valence-corrected chi connectivity index (χ0v) is 12.1. The average molecular weight is 290 g/mol. The molecule has 3 nitrogen and oxygen atoms in total. The summed E-state index contributed by atoms with van der Waals surface area (Å²) in [6.45, 7) is 3.96. The van der Waals surface area contributed by atoms with Gasteiger partial charge in [-0.25, -0.2) is 9.97 Å². The Morgan fingerprint density at radius 1 is 1.29 bits per heavy atom. The molecule has 0 atom stereocenters. The quantitative estimate of drug-likeness (QED) is 0.831. The van der Waals surface area contributed by atoms with Crippen LogP contribution in [0.4, 0.5) is 0 Å². The minimum absolute atomic E-state index is 0. The molecule has 2 heterocycles. The number of nitrogens with zero attached hydrogens (tertiary/aromatic N) is 2. The summed E-state index contributed by atoms with van der Waals surface area (Å²) in [7, 11) is 0. The molecule has 0 radical (unpaired) electrons. The third-order valence-corrected chi connectivity index (χ3v) is 3.93. The molecule has 0 unspecified atom stereocenters. The van der Waals surface area contributed by atoms with Crippen LogP contribution in [0, 0.1) is 0 Å². The normalized spacial score (nSPS) is 10.2. The molecule has 94 valence electrons. The predicted molar refractivity (Wildman–Crippen MR) is 76.3 cm³/mol. The highest BCUT2D eigenvalue weighted by Gasteiger charge is 2.00. The summed E-state index contributed by atoms with van der Waals surface area (Å²) < 4.78 is 0. The smallest absolute Gasteiger partial charge is 0.0925 e. The van der Waals surface area contributed by atoms with Gasteiger partial charge in [-0.05, 0) is 6.42 Å². The molecular weight excluding hydrogens is 274 g/mol. The first-order valence-corrected chi connectivity index (χ1v) is 7.21. The van der Waals surface area contributed by atoms with Gasteiger partial charge in [0.25, 0.3) is 0 Å². The van der Waals surface area contributed by atoms with E-state index in [1.54, 1.807) is 22.7 Å². The summed E-state index contributed by atoms with van der Waals surface area (Å²) in [6, 6.07) is 0. The van der Waals surface area contributed by atoms with Crippen LogP contribution in [0.25, 0.3) is 0 Å². The van der Waals surface area contributed by atoms with E-state index in [0.717, 1.165) is 31.6 Å². The number of hydrogen-bond donors (Lipinski definition) is 1. The molecule has 0 fully saturated rings. The van der Waals surface area contributed by atoms with Crippen molar-refractivity contribution < 1.29 is 0 Å². The zero-order chi connectivity index (χ0) is 11.2. The van der Waals surface area contributed by atoms with Crippen LogP contribution in [0.2, 0.25) is 0 Å². The molecular formula is C11H16ClN3S2. The predicted octanol–water partition coefficient (Wildman–Crippen LogP) is 2.92. The van der Waals surface area contributed by atoms with Crippen LogP contribution in [0.15, 0.2) is 16.3 Å². The maximum atomic E-state index is 4.53. The fourth-order valence-corrected chi connectivity index (χ4v) is 2.72. The molecule has 0 amide bonds. The average Bonchev–Trinajstić information content (AvgIpc) is 2.95. The largest absolute Gasteiger partial charge is 0.311 e. The number of halogens is 1. The molecule has 0 aliphatic heterocycles. The standard InChI is InChI=1S/C11H15N3S2.ClH/c1-2-11-14-9(7-16-11)3-4-12-5-10-6-15-8-13-10;/h6-8,12H,2-5H2,1H3;1H. The first-order chi connectivity index (χ1) is 7.88. The van der Waals surface area contributed by atoms with E-state index in [-0.39, 0.29) is 12.4 Å². The molecule has 2 rings (SSSR count). The fourth-order valence-electron chi connectivity index (χ4n) is 1.38. The lowest BCUT2D eigenvalue weighted by Gasteiger charge is -2.00. The summed E-state index contributed by atoms with van der Waals surface area (Å²) in [5, 5.41) is 8.83. The van der Waals surface area contributed by atoms with Gasteiger partial charge in [0.2, 0.25) is 0 Å². The minimum Gasteiger partial charge on any atom is -0.311 e. The Labute approximate surface area is 116 Å². The van der Waals surface area contributed by atoms with Gasteiger partial charge in [0.15, 0.2) is 0 Å². The molecule has 0 saturated carbocycles. The molecule has 0 aliphatic rings.